The Balaban J connectivity index is 1.76. The highest BCUT2D eigenvalue weighted by molar-refractivity contribution is 5.84. The second kappa shape index (κ2) is 4.08. The van der Waals surface area contributed by atoms with Crippen molar-refractivity contribution in [3.63, 3.8) is 0 Å². The summed E-state index contributed by atoms with van der Waals surface area (Å²) >= 11 is 0. The standard InChI is InChI=1S/C15H18O6/c1-2-8(16)19-7-14-5-3-4-6-15(14)11-9(17)10(12(14)21-11)20-13(15)18/h2,9-12,17H,1,3-7H2. The molecule has 1 aliphatic carbocycles. The lowest BCUT2D eigenvalue weighted by atomic mass is 9.48. The summed E-state index contributed by atoms with van der Waals surface area (Å²) in [6.45, 7) is 3.51. The molecule has 114 valence electrons. The van der Waals surface area contributed by atoms with E-state index in [4.69, 9.17) is 14.2 Å². The number of hydrogen-bond acceptors (Lipinski definition) is 6. The van der Waals surface area contributed by atoms with E-state index in [0.29, 0.717) is 6.42 Å². The van der Waals surface area contributed by atoms with Gasteiger partial charge in [0.2, 0.25) is 0 Å². The predicted octanol–water partition coefficient (Wildman–Crippen LogP) is 0.330. The van der Waals surface area contributed by atoms with Crippen molar-refractivity contribution in [3.05, 3.63) is 12.7 Å². The molecule has 4 aliphatic heterocycles. The fourth-order valence-electron chi connectivity index (χ4n) is 4.98. The Morgan fingerprint density at radius 3 is 2.95 bits per heavy atom. The van der Waals surface area contributed by atoms with Crippen molar-refractivity contribution in [3.8, 4) is 0 Å². The largest absolute Gasteiger partial charge is 0.462 e. The molecule has 4 saturated heterocycles. The Hall–Kier alpha value is -1.40. The van der Waals surface area contributed by atoms with Crippen LogP contribution in [0, 0.1) is 10.8 Å². The molecule has 1 saturated carbocycles. The second-order valence-corrected chi connectivity index (χ2v) is 6.48. The van der Waals surface area contributed by atoms with Crippen LogP contribution >= 0.6 is 0 Å². The van der Waals surface area contributed by atoms with Gasteiger partial charge >= 0.3 is 11.9 Å². The van der Waals surface area contributed by atoms with Gasteiger partial charge in [-0.25, -0.2) is 4.79 Å². The monoisotopic (exact) mass is 294 g/mol. The van der Waals surface area contributed by atoms with E-state index in [9.17, 15) is 14.7 Å². The second-order valence-electron chi connectivity index (χ2n) is 6.48. The molecular formula is C15H18O6. The van der Waals surface area contributed by atoms with Crippen LogP contribution in [0.15, 0.2) is 12.7 Å². The van der Waals surface area contributed by atoms with Crippen LogP contribution in [0.4, 0.5) is 0 Å². The van der Waals surface area contributed by atoms with Crippen LogP contribution in [-0.2, 0) is 23.8 Å². The van der Waals surface area contributed by atoms with Crippen LogP contribution in [-0.4, -0.2) is 48.1 Å². The topological polar surface area (TPSA) is 82.1 Å². The summed E-state index contributed by atoms with van der Waals surface area (Å²) in [5, 5.41) is 10.3. The Labute approximate surface area is 122 Å². The zero-order valence-electron chi connectivity index (χ0n) is 11.6. The summed E-state index contributed by atoms with van der Waals surface area (Å²) in [5.74, 6) is -0.802. The molecule has 5 aliphatic rings. The van der Waals surface area contributed by atoms with Gasteiger partial charge in [-0.1, -0.05) is 19.4 Å². The number of aliphatic hydroxyl groups excluding tert-OH is 1. The Morgan fingerprint density at radius 1 is 1.43 bits per heavy atom. The van der Waals surface area contributed by atoms with Crippen LogP contribution in [0.1, 0.15) is 25.7 Å². The number of carbonyl (C=O) groups excluding carboxylic acids is 2. The summed E-state index contributed by atoms with van der Waals surface area (Å²) in [6.07, 6.45) is 2.00. The van der Waals surface area contributed by atoms with E-state index in [0.717, 1.165) is 25.3 Å². The highest BCUT2D eigenvalue weighted by atomic mass is 16.6. The van der Waals surface area contributed by atoms with Crippen molar-refractivity contribution in [1.82, 2.24) is 0 Å². The molecule has 0 aromatic carbocycles. The van der Waals surface area contributed by atoms with Gasteiger partial charge in [0.15, 0.2) is 6.10 Å². The minimum Gasteiger partial charge on any atom is -0.462 e. The number of fused-ring (bicyclic) bond motifs is 1. The van der Waals surface area contributed by atoms with Gasteiger partial charge in [0.25, 0.3) is 0 Å². The van der Waals surface area contributed by atoms with Gasteiger partial charge in [-0.15, -0.1) is 0 Å². The first-order valence-corrected chi connectivity index (χ1v) is 7.41. The SMILES string of the molecule is C=CC(=O)OCC12CCCCC13C(=O)OC1C(O)C3OC12. The number of rotatable bonds is 3. The zero-order chi connectivity index (χ0) is 14.8. The van der Waals surface area contributed by atoms with Crippen molar-refractivity contribution in [2.45, 2.75) is 50.1 Å². The highest BCUT2D eigenvalue weighted by Crippen LogP contribution is 2.69. The maximum atomic E-state index is 12.5. The van der Waals surface area contributed by atoms with Crippen LogP contribution < -0.4 is 0 Å². The third-order valence-electron chi connectivity index (χ3n) is 5.85. The third kappa shape index (κ3) is 1.31. The molecule has 6 heteroatoms. The van der Waals surface area contributed by atoms with Crippen LogP contribution in [0.3, 0.4) is 0 Å². The van der Waals surface area contributed by atoms with Crippen LogP contribution in [0.25, 0.3) is 0 Å². The first-order chi connectivity index (χ1) is 10.1. The van der Waals surface area contributed by atoms with E-state index in [-0.39, 0.29) is 18.7 Å². The van der Waals surface area contributed by atoms with E-state index in [2.05, 4.69) is 6.58 Å². The third-order valence-corrected chi connectivity index (χ3v) is 5.85. The van der Waals surface area contributed by atoms with E-state index >= 15 is 0 Å². The molecule has 5 rings (SSSR count). The summed E-state index contributed by atoms with van der Waals surface area (Å²) in [5.41, 5.74) is -1.43. The van der Waals surface area contributed by atoms with Gasteiger partial charge in [-0.05, 0) is 12.8 Å². The van der Waals surface area contributed by atoms with Gasteiger partial charge in [-0.3, -0.25) is 4.79 Å². The lowest BCUT2D eigenvalue weighted by Gasteiger charge is -2.57. The van der Waals surface area contributed by atoms with Crippen molar-refractivity contribution >= 4 is 11.9 Å². The van der Waals surface area contributed by atoms with E-state index in [1.54, 1.807) is 0 Å². The van der Waals surface area contributed by atoms with Crippen molar-refractivity contribution in [2.24, 2.45) is 10.8 Å². The fourth-order valence-corrected chi connectivity index (χ4v) is 4.98. The number of ether oxygens (including phenoxy) is 3. The molecule has 0 radical (unpaired) electrons. The zero-order valence-corrected chi connectivity index (χ0v) is 11.6. The summed E-state index contributed by atoms with van der Waals surface area (Å²) in [7, 11) is 0. The average molecular weight is 294 g/mol. The van der Waals surface area contributed by atoms with Crippen molar-refractivity contribution in [1.29, 1.82) is 0 Å². The van der Waals surface area contributed by atoms with Gasteiger partial charge in [0.05, 0.1) is 5.41 Å². The molecular weight excluding hydrogens is 276 g/mol. The smallest absolute Gasteiger partial charge is 0.330 e. The number of aliphatic hydroxyl groups is 1. The van der Waals surface area contributed by atoms with Gasteiger partial charge < -0.3 is 19.3 Å². The van der Waals surface area contributed by atoms with Crippen molar-refractivity contribution in [2.75, 3.05) is 6.61 Å². The number of carbonyl (C=O) groups is 2. The molecule has 0 amide bonds. The minimum atomic E-state index is -0.870. The molecule has 4 heterocycles. The first-order valence-electron chi connectivity index (χ1n) is 7.41. The molecule has 0 aromatic heterocycles. The molecule has 0 aromatic rings. The van der Waals surface area contributed by atoms with Gasteiger partial charge in [0.1, 0.15) is 30.3 Å². The Bertz CT molecular complexity index is 530. The normalized spacial score (nSPS) is 49.7. The predicted molar refractivity (Wildman–Crippen MR) is 69.0 cm³/mol. The molecule has 1 spiro atoms. The lowest BCUT2D eigenvalue weighted by Crippen LogP contribution is -2.71. The van der Waals surface area contributed by atoms with Gasteiger partial charge in [0, 0.05) is 6.08 Å². The van der Waals surface area contributed by atoms with E-state index < -0.39 is 35.1 Å². The molecule has 6 nitrogen and oxygen atoms in total. The maximum Gasteiger partial charge on any atom is 0.330 e. The lowest BCUT2D eigenvalue weighted by molar-refractivity contribution is -0.233. The van der Waals surface area contributed by atoms with Crippen LogP contribution in [0.5, 0.6) is 0 Å². The van der Waals surface area contributed by atoms with E-state index in [1.807, 2.05) is 0 Å². The summed E-state index contributed by atoms with van der Waals surface area (Å²) in [4.78, 5) is 24.0. The molecule has 1 N–H and O–H groups in total. The summed E-state index contributed by atoms with van der Waals surface area (Å²) < 4.78 is 16.6. The van der Waals surface area contributed by atoms with E-state index in [1.165, 1.54) is 0 Å². The Morgan fingerprint density at radius 2 is 2.19 bits per heavy atom. The molecule has 6 unspecified atom stereocenters. The summed E-state index contributed by atoms with van der Waals surface area (Å²) in [6, 6.07) is 0. The average Bonchev–Trinajstić information content (AvgIpc) is 2.94. The molecule has 6 atom stereocenters. The number of esters is 2. The fraction of sp³-hybridized carbons (Fsp3) is 0.733. The maximum absolute atomic E-state index is 12.5. The highest BCUT2D eigenvalue weighted by Gasteiger charge is 2.83. The molecule has 4 bridgehead atoms. The number of hydrogen-bond donors (Lipinski definition) is 1. The molecule has 21 heavy (non-hydrogen) atoms. The van der Waals surface area contributed by atoms with Crippen LogP contribution in [0.2, 0.25) is 0 Å². The Kier molecular flexibility index (Phi) is 2.58. The quantitative estimate of drug-likeness (QED) is 0.596. The first kappa shape index (κ1) is 13.3. The minimum absolute atomic E-state index is 0.122. The van der Waals surface area contributed by atoms with Crippen molar-refractivity contribution < 1.29 is 28.9 Å². The van der Waals surface area contributed by atoms with Gasteiger partial charge in [-0.2, -0.15) is 0 Å². The molecule has 5 fully saturated rings.